The first-order chi connectivity index (χ1) is 9.91. The van der Waals surface area contributed by atoms with Gasteiger partial charge in [0.05, 0.1) is 6.61 Å². The number of hydrogen-bond donors (Lipinski definition) is 1. The third-order valence-corrected chi connectivity index (χ3v) is 3.21. The number of nitrogens with one attached hydrogen (secondary N) is 1. The Morgan fingerprint density at radius 2 is 2.19 bits per heavy atom. The Balaban J connectivity index is 2.34. The van der Waals surface area contributed by atoms with Crippen molar-refractivity contribution in [1.82, 2.24) is 9.97 Å². The molecular formula is C12H10F3N3O2S. The first kappa shape index (κ1) is 15.2. The van der Waals surface area contributed by atoms with E-state index < -0.39 is 22.7 Å². The number of pyridine rings is 1. The van der Waals surface area contributed by atoms with Gasteiger partial charge in [0, 0.05) is 6.20 Å². The highest BCUT2D eigenvalue weighted by Gasteiger charge is 2.40. The summed E-state index contributed by atoms with van der Waals surface area (Å²) in [6.45, 7) is 1.50. The van der Waals surface area contributed by atoms with Gasteiger partial charge in [-0.2, -0.15) is 13.2 Å². The van der Waals surface area contributed by atoms with Gasteiger partial charge in [-0.3, -0.25) is 0 Å². The zero-order valence-corrected chi connectivity index (χ0v) is 11.6. The third kappa shape index (κ3) is 3.69. The van der Waals surface area contributed by atoms with Crippen LogP contribution >= 0.6 is 11.3 Å². The number of alkyl halides is 3. The molecule has 0 unspecified atom stereocenters. The predicted molar refractivity (Wildman–Crippen MR) is 70.6 cm³/mol. The first-order valence-electron chi connectivity index (χ1n) is 5.85. The van der Waals surface area contributed by atoms with E-state index in [2.05, 4.69) is 20.0 Å². The lowest BCUT2D eigenvalue weighted by Crippen LogP contribution is -2.13. The predicted octanol–water partition coefficient (Wildman–Crippen LogP) is 3.48. The van der Waals surface area contributed by atoms with E-state index in [1.807, 2.05) is 0 Å². The van der Waals surface area contributed by atoms with Crippen molar-refractivity contribution < 1.29 is 22.7 Å². The maximum absolute atomic E-state index is 12.9. The lowest BCUT2D eigenvalue weighted by atomic mass is 10.3. The molecule has 2 rings (SSSR count). The van der Waals surface area contributed by atoms with Crippen LogP contribution in [0.4, 0.5) is 24.1 Å². The monoisotopic (exact) mass is 317 g/mol. The fourth-order valence-corrected chi connectivity index (χ4v) is 2.33. The zero-order chi connectivity index (χ0) is 15.5. The molecule has 0 aliphatic carbocycles. The standard InChI is InChI=1S/C12H10F3N3O2S/c1-2-20-10(19)8-9(12(13,14)15)18-11(21-8)17-7-5-3-4-6-16-7/h3-6H,2H2,1H3,(H,16,17,18). The number of esters is 1. The molecule has 0 saturated carbocycles. The number of carbonyl (C=O) groups is 1. The quantitative estimate of drug-likeness (QED) is 0.875. The van der Waals surface area contributed by atoms with Crippen LogP contribution in [0.1, 0.15) is 22.3 Å². The molecule has 2 aromatic rings. The minimum atomic E-state index is -4.73. The van der Waals surface area contributed by atoms with Crippen molar-refractivity contribution in [2.45, 2.75) is 13.1 Å². The van der Waals surface area contributed by atoms with E-state index in [0.29, 0.717) is 17.2 Å². The van der Waals surface area contributed by atoms with Crippen LogP contribution in [0.5, 0.6) is 0 Å². The molecule has 5 nitrogen and oxygen atoms in total. The Morgan fingerprint density at radius 1 is 1.43 bits per heavy atom. The molecule has 0 saturated heterocycles. The van der Waals surface area contributed by atoms with Gasteiger partial charge in [0.25, 0.3) is 0 Å². The number of aromatic nitrogens is 2. The minimum Gasteiger partial charge on any atom is -0.462 e. The highest BCUT2D eigenvalue weighted by molar-refractivity contribution is 7.17. The third-order valence-electron chi connectivity index (χ3n) is 2.26. The van der Waals surface area contributed by atoms with Gasteiger partial charge in [0.2, 0.25) is 0 Å². The number of halogens is 3. The van der Waals surface area contributed by atoms with Gasteiger partial charge in [-0.15, -0.1) is 0 Å². The topological polar surface area (TPSA) is 64.1 Å². The van der Waals surface area contributed by atoms with Gasteiger partial charge >= 0.3 is 12.1 Å². The van der Waals surface area contributed by atoms with Crippen molar-refractivity contribution in [3.8, 4) is 0 Å². The summed E-state index contributed by atoms with van der Waals surface area (Å²) in [6.07, 6.45) is -3.25. The lowest BCUT2D eigenvalue weighted by molar-refractivity contribution is -0.141. The summed E-state index contributed by atoms with van der Waals surface area (Å²) in [7, 11) is 0. The SMILES string of the molecule is CCOC(=O)c1sc(Nc2ccccn2)nc1C(F)(F)F. The van der Waals surface area contributed by atoms with Crippen molar-refractivity contribution >= 4 is 28.3 Å². The van der Waals surface area contributed by atoms with Crippen LogP contribution < -0.4 is 5.32 Å². The molecule has 0 aliphatic rings. The molecule has 0 fully saturated rings. The Morgan fingerprint density at radius 3 is 2.76 bits per heavy atom. The van der Waals surface area contributed by atoms with Crippen LogP contribution in [-0.4, -0.2) is 22.5 Å². The fourth-order valence-electron chi connectivity index (χ4n) is 1.45. The van der Waals surface area contributed by atoms with Gasteiger partial charge in [0.15, 0.2) is 10.8 Å². The van der Waals surface area contributed by atoms with E-state index in [1.54, 1.807) is 18.2 Å². The van der Waals surface area contributed by atoms with Crippen LogP contribution in [0, 0.1) is 0 Å². The largest absolute Gasteiger partial charge is 0.462 e. The van der Waals surface area contributed by atoms with E-state index in [9.17, 15) is 18.0 Å². The smallest absolute Gasteiger partial charge is 0.435 e. The molecule has 0 bridgehead atoms. The van der Waals surface area contributed by atoms with E-state index in [4.69, 9.17) is 0 Å². The molecule has 1 N–H and O–H groups in total. The second-order valence-electron chi connectivity index (χ2n) is 3.75. The second-order valence-corrected chi connectivity index (χ2v) is 4.75. The molecule has 112 valence electrons. The highest BCUT2D eigenvalue weighted by Crippen LogP contribution is 2.37. The zero-order valence-electron chi connectivity index (χ0n) is 10.8. The van der Waals surface area contributed by atoms with Crippen molar-refractivity contribution in [2.24, 2.45) is 0 Å². The lowest BCUT2D eigenvalue weighted by Gasteiger charge is -2.04. The van der Waals surface area contributed by atoms with E-state index in [1.165, 1.54) is 13.1 Å². The van der Waals surface area contributed by atoms with Crippen molar-refractivity contribution in [3.05, 3.63) is 35.0 Å². The van der Waals surface area contributed by atoms with Crippen LogP contribution in [0.3, 0.4) is 0 Å². The average molecular weight is 317 g/mol. The van der Waals surface area contributed by atoms with Crippen LogP contribution in [-0.2, 0) is 10.9 Å². The molecule has 0 atom stereocenters. The Bertz CT molecular complexity index is 628. The molecule has 0 radical (unpaired) electrons. The van der Waals surface area contributed by atoms with Gasteiger partial charge in [-0.05, 0) is 19.1 Å². The van der Waals surface area contributed by atoms with E-state index in [-0.39, 0.29) is 11.7 Å². The average Bonchev–Trinajstić information content (AvgIpc) is 2.84. The summed E-state index contributed by atoms with van der Waals surface area (Å²) >= 11 is 0.573. The number of ether oxygens (including phenoxy) is 1. The van der Waals surface area contributed by atoms with Crippen LogP contribution in [0.2, 0.25) is 0 Å². The summed E-state index contributed by atoms with van der Waals surface area (Å²) in [6, 6.07) is 4.90. The summed E-state index contributed by atoms with van der Waals surface area (Å²) in [4.78, 5) is 18.3. The van der Waals surface area contributed by atoms with E-state index in [0.717, 1.165) is 0 Å². The number of carbonyl (C=O) groups excluding carboxylic acids is 1. The number of rotatable bonds is 4. The number of anilines is 2. The van der Waals surface area contributed by atoms with Crippen molar-refractivity contribution in [1.29, 1.82) is 0 Å². The second kappa shape index (κ2) is 6.08. The van der Waals surface area contributed by atoms with E-state index >= 15 is 0 Å². The number of hydrogen-bond acceptors (Lipinski definition) is 6. The van der Waals surface area contributed by atoms with Gasteiger partial charge in [-0.1, -0.05) is 17.4 Å². The van der Waals surface area contributed by atoms with Crippen LogP contribution in [0.15, 0.2) is 24.4 Å². The minimum absolute atomic E-state index is 0.0168. The normalized spacial score (nSPS) is 11.2. The molecule has 2 heterocycles. The maximum Gasteiger partial charge on any atom is 0.435 e. The maximum atomic E-state index is 12.9. The van der Waals surface area contributed by atoms with Crippen LogP contribution in [0.25, 0.3) is 0 Å². The molecule has 0 amide bonds. The summed E-state index contributed by atoms with van der Waals surface area (Å²) in [5.74, 6) is -0.716. The molecule has 0 spiro atoms. The summed E-state index contributed by atoms with van der Waals surface area (Å²) < 4.78 is 43.3. The Labute approximate surface area is 121 Å². The first-order valence-corrected chi connectivity index (χ1v) is 6.66. The number of nitrogens with zero attached hydrogens (tertiary/aromatic N) is 2. The molecule has 21 heavy (non-hydrogen) atoms. The fraction of sp³-hybridized carbons (Fsp3) is 0.250. The number of thiazole rings is 1. The Kier molecular flexibility index (Phi) is 4.41. The molecule has 0 aromatic carbocycles. The van der Waals surface area contributed by atoms with Gasteiger partial charge in [-0.25, -0.2) is 14.8 Å². The summed E-state index contributed by atoms with van der Waals surface area (Å²) in [5, 5.41) is 2.54. The molecule has 9 heteroatoms. The van der Waals surface area contributed by atoms with Crippen molar-refractivity contribution in [3.63, 3.8) is 0 Å². The highest BCUT2D eigenvalue weighted by atomic mass is 32.1. The van der Waals surface area contributed by atoms with Crippen molar-refractivity contribution in [2.75, 3.05) is 11.9 Å². The summed E-state index contributed by atoms with van der Waals surface area (Å²) in [5.41, 5.74) is -1.26. The molecule has 0 aliphatic heterocycles. The Hall–Kier alpha value is -2.16. The molecular weight excluding hydrogens is 307 g/mol. The van der Waals surface area contributed by atoms with Gasteiger partial charge < -0.3 is 10.1 Å². The molecule has 2 aromatic heterocycles. The van der Waals surface area contributed by atoms with Gasteiger partial charge in [0.1, 0.15) is 10.7 Å².